The zero-order valence-corrected chi connectivity index (χ0v) is 16.4. The second-order valence-corrected chi connectivity index (χ2v) is 7.36. The first-order chi connectivity index (χ1) is 13.5. The SMILES string of the molecule is CC1=C2C=CC(=N2)C(C)=C2C=CC(=N2)C(C)=C2C=CC(=N2)C(C)=C2C=CC1=N2. The maximum atomic E-state index is 4.84. The van der Waals surface area contributed by atoms with Crippen molar-refractivity contribution in [3.63, 3.8) is 0 Å². The van der Waals surface area contributed by atoms with Crippen LogP contribution in [0.5, 0.6) is 0 Å². The van der Waals surface area contributed by atoms with E-state index in [1.54, 1.807) is 0 Å². The summed E-state index contributed by atoms with van der Waals surface area (Å²) in [6, 6.07) is 0. The van der Waals surface area contributed by atoms with Crippen molar-refractivity contribution in [2.75, 3.05) is 0 Å². The van der Waals surface area contributed by atoms with Crippen molar-refractivity contribution in [2.24, 2.45) is 20.0 Å². The highest BCUT2D eigenvalue weighted by Crippen LogP contribution is 2.29. The molecule has 0 unspecified atom stereocenters. The number of rotatable bonds is 0. The van der Waals surface area contributed by atoms with Crippen molar-refractivity contribution in [1.82, 2.24) is 0 Å². The van der Waals surface area contributed by atoms with E-state index in [9.17, 15) is 0 Å². The monoisotopic (exact) mass is 364 g/mol. The van der Waals surface area contributed by atoms with Gasteiger partial charge in [-0.3, -0.25) is 0 Å². The van der Waals surface area contributed by atoms with Gasteiger partial charge in [-0.2, -0.15) is 0 Å². The summed E-state index contributed by atoms with van der Waals surface area (Å²) >= 11 is 0. The van der Waals surface area contributed by atoms with Gasteiger partial charge in [0.05, 0.1) is 45.6 Å². The number of hydrogen-bond acceptors (Lipinski definition) is 4. The summed E-state index contributed by atoms with van der Waals surface area (Å²) in [7, 11) is 0. The summed E-state index contributed by atoms with van der Waals surface area (Å²) in [4.78, 5) is 19.4. The van der Waals surface area contributed by atoms with Crippen molar-refractivity contribution in [1.29, 1.82) is 0 Å². The molecule has 136 valence electrons. The molecular weight excluding hydrogens is 344 g/mol. The summed E-state index contributed by atoms with van der Waals surface area (Å²) in [6.45, 7) is 8.29. The van der Waals surface area contributed by atoms with Crippen LogP contribution in [0.4, 0.5) is 0 Å². The third kappa shape index (κ3) is 2.53. The molecule has 5 aliphatic rings. The number of allylic oxidation sites excluding steroid dienone is 12. The van der Waals surface area contributed by atoms with Crippen LogP contribution < -0.4 is 0 Å². The Morgan fingerprint density at radius 3 is 0.786 bits per heavy atom. The normalized spacial score (nSPS) is 22.7. The number of hydrogen-bond donors (Lipinski definition) is 0. The van der Waals surface area contributed by atoms with Crippen LogP contribution in [-0.2, 0) is 0 Å². The first kappa shape index (κ1) is 16.8. The average molecular weight is 364 g/mol. The molecule has 0 aromatic carbocycles. The zero-order chi connectivity index (χ0) is 19.4. The molecule has 0 radical (unpaired) electrons. The van der Waals surface area contributed by atoms with E-state index in [-0.39, 0.29) is 0 Å². The molecule has 0 N–H and O–H groups in total. The van der Waals surface area contributed by atoms with E-state index in [1.807, 2.05) is 0 Å². The highest BCUT2D eigenvalue weighted by atomic mass is 14.9. The minimum absolute atomic E-state index is 0.951. The lowest BCUT2D eigenvalue weighted by Crippen LogP contribution is -2.00. The molecule has 0 aromatic heterocycles. The first-order valence-electron chi connectivity index (χ1n) is 9.43. The average Bonchev–Trinajstić information content (AvgIpc) is 3.49. The molecule has 0 amide bonds. The molecule has 0 fully saturated rings. The van der Waals surface area contributed by atoms with Gasteiger partial charge in [-0.1, -0.05) is 0 Å². The van der Waals surface area contributed by atoms with Gasteiger partial charge in [0.1, 0.15) is 0 Å². The smallest absolute Gasteiger partial charge is 0.0688 e. The van der Waals surface area contributed by atoms with E-state index in [0.29, 0.717) is 0 Å². The lowest BCUT2D eigenvalue weighted by molar-refractivity contribution is 1.30. The van der Waals surface area contributed by atoms with Gasteiger partial charge in [0.2, 0.25) is 0 Å². The van der Waals surface area contributed by atoms with Crippen LogP contribution >= 0.6 is 0 Å². The number of nitrogens with zero attached hydrogens (tertiary/aromatic N) is 4. The molecule has 4 nitrogen and oxygen atoms in total. The minimum atomic E-state index is 0.951. The largest absolute Gasteiger partial charge is 0.248 e. The molecule has 28 heavy (non-hydrogen) atoms. The van der Waals surface area contributed by atoms with Crippen LogP contribution in [0.2, 0.25) is 0 Å². The molecule has 0 aliphatic carbocycles. The predicted molar refractivity (Wildman–Crippen MR) is 117 cm³/mol. The van der Waals surface area contributed by atoms with Crippen LogP contribution in [0.3, 0.4) is 0 Å². The van der Waals surface area contributed by atoms with Crippen LogP contribution in [-0.4, -0.2) is 22.8 Å². The highest BCUT2D eigenvalue weighted by Gasteiger charge is 2.20. The van der Waals surface area contributed by atoms with E-state index >= 15 is 0 Å². The Labute approximate surface area is 164 Å². The summed E-state index contributed by atoms with van der Waals surface area (Å²) in [5.41, 5.74) is 11.9. The van der Waals surface area contributed by atoms with Gasteiger partial charge in [-0.15, -0.1) is 0 Å². The Hall–Kier alpha value is -3.40. The highest BCUT2D eigenvalue weighted by molar-refractivity contribution is 6.18. The van der Waals surface area contributed by atoms with Crippen molar-refractivity contribution < 1.29 is 0 Å². The van der Waals surface area contributed by atoms with Gasteiger partial charge < -0.3 is 0 Å². The molecule has 0 aromatic rings. The summed E-state index contributed by atoms with van der Waals surface area (Å²) in [5, 5.41) is 0. The molecule has 5 rings (SSSR count). The molecule has 5 heterocycles. The van der Waals surface area contributed by atoms with Crippen LogP contribution in [0.15, 0.2) is 114 Å². The van der Waals surface area contributed by atoms with Crippen LogP contribution in [0, 0.1) is 0 Å². The fourth-order valence-corrected chi connectivity index (χ4v) is 3.64. The summed E-state index contributed by atoms with van der Waals surface area (Å²) < 4.78 is 0. The van der Waals surface area contributed by atoms with Gasteiger partial charge in [0.25, 0.3) is 0 Å². The van der Waals surface area contributed by atoms with E-state index in [2.05, 4.69) is 76.3 Å². The second kappa shape index (κ2) is 6.06. The summed E-state index contributed by atoms with van der Waals surface area (Å²) in [6.07, 6.45) is 16.5. The molecule has 0 saturated carbocycles. The molecule has 0 atom stereocenters. The van der Waals surface area contributed by atoms with E-state index in [4.69, 9.17) is 20.0 Å². The van der Waals surface area contributed by atoms with Crippen LogP contribution in [0.1, 0.15) is 27.7 Å². The lowest BCUT2D eigenvalue weighted by atomic mass is 10.1. The Bertz CT molecular complexity index is 1020. The Morgan fingerprint density at radius 2 is 0.571 bits per heavy atom. The van der Waals surface area contributed by atoms with Crippen molar-refractivity contribution in [3.05, 3.63) is 93.7 Å². The summed E-state index contributed by atoms with van der Waals surface area (Å²) in [5.74, 6) is 0. The molecule has 0 spiro atoms. The fraction of sp³-hybridized carbons (Fsp3) is 0.167. The van der Waals surface area contributed by atoms with Gasteiger partial charge >= 0.3 is 0 Å². The minimum Gasteiger partial charge on any atom is -0.248 e. The third-order valence-electron chi connectivity index (χ3n) is 5.63. The molecule has 5 aliphatic heterocycles. The fourth-order valence-electron chi connectivity index (χ4n) is 3.64. The Kier molecular flexibility index (Phi) is 3.63. The van der Waals surface area contributed by atoms with Crippen LogP contribution in [0.25, 0.3) is 0 Å². The van der Waals surface area contributed by atoms with Gasteiger partial charge in [0.15, 0.2) is 0 Å². The predicted octanol–water partition coefficient (Wildman–Crippen LogP) is 5.14. The maximum Gasteiger partial charge on any atom is 0.0688 e. The maximum absolute atomic E-state index is 4.84. The molecule has 0 saturated heterocycles. The van der Waals surface area contributed by atoms with Gasteiger partial charge in [-0.05, 0) is 76.3 Å². The quantitative estimate of drug-likeness (QED) is 0.571. The zero-order valence-electron chi connectivity index (χ0n) is 16.4. The Balaban J connectivity index is 1.76. The molecule has 8 bridgehead atoms. The van der Waals surface area contributed by atoms with Crippen molar-refractivity contribution in [3.8, 4) is 0 Å². The van der Waals surface area contributed by atoms with Gasteiger partial charge in [0, 0.05) is 22.3 Å². The topological polar surface area (TPSA) is 49.4 Å². The van der Waals surface area contributed by atoms with Crippen molar-refractivity contribution >= 4 is 22.8 Å². The molecule has 4 heteroatoms. The lowest BCUT2D eigenvalue weighted by Gasteiger charge is -2.05. The van der Waals surface area contributed by atoms with E-state index in [0.717, 1.165) is 67.9 Å². The number of fused-ring (bicyclic) bond motifs is 4. The van der Waals surface area contributed by atoms with E-state index in [1.165, 1.54) is 0 Å². The van der Waals surface area contributed by atoms with E-state index < -0.39 is 0 Å². The molecular formula is C24H20N4. The Morgan fingerprint density at radius 1 is 0.357 bits per heavy atom. The third-order valence-corrected chi connectivity index (χ3v) is 5.63. The van der Waals surface area contributed by atoms with Gasteiger partial charge in [-0.25, -0.2) is 20.0 Å². The second-order valence-electron chi connectivity index (χ2n) is 7.36. The van der Waals surface area contributed by atoms with Crippen molar-refractivity contribution in [2.45, 2.75) is 27.7 Å². The standard InChI is InChI=1S/C24H20N4/c1-13-17-5-7-19(25-17)14(2)21-9-11-23(27-21)16(4)24-12-10-22(28-24)15(3)20-8-6-18(13)26-20/h5-12H,1-4H3. The first-order valence-corrected chi connectivity index (χ1v) is 9.43. The number of aliphatic imine (C=N–C) groups is 4.